The lowest BCUT2D eigenvalue weighted by Gasteiger charge is -2.36. The highest BCUT2D eigenvalue weighted by atomic mass is 32.2. The first-order chi connectivity index (χ1) is 9.57. The van der Waals surface area contributed by atoms with Crippen LogP contribution in [0.4, 0.5) is 0 Å². The number of rotatable bonds is 4. The molecule has 2 fully saturated rings. The van der Waals surface area contributed by atoms with E-state index in [1.54, 1.807) is 11.8 Å². The Balaban J connectivity index is 1.94. The van der Waals surface area contributed by atoms with E-state index in [9.17, 15) is 14.7 Å². The van der Waals surface area contributed by atoms with Crippen molar-refractivity contribution in [2.24, 2.45) is 11.8 Å². The zero-order chi connectivity index (χ0) is 14.6. The molecule has 1 heterocycles. The van der Waals surface area contributed by atoms with Crippen molar-refractivity contribution in [1.82, 2.24) is 5.32 Å². The zero-order valence-electron chi connectivity index (χ0n) is 12.2. The molecule has 5 heteroatoms. The predicted molar refractivity (Wildman–Crippen MR) is 80.8 cm³/mol. The number of carboxylic acids is 1. The van der Waals surface area contributed by atoms with Gasteiger partial charge in [-0.05, 0) is 55.9 Å². The number of hydrogen-bond donors (Lipinski definition) is 2. The van der Waals surface area contributed by atoms with Gasteiger partial charge in [-0.3, -0.25) is 4.79 Å². The maximum absolute atomic E-state index is 12.4. The Bertz CT molecular complexity index is 358. The highest BCUT2D eigenvalue weighted by Crippen LogP contribution is 2.32. The quantitative estimate of drug-likeness (QED) is 0.837. The maximum Gasteiger partial charge on any atom is 0.329 e. The normalized spacial score (nSPS) is 29.6. The Kier molecular flexibility index (Phi) is 5.35. The summed E-state index contributed by atoms with van der Waals surface area (Å²) in [6, 6.07) is 0. The van der Waals surface area contributed by atoms with Gasteiger partial charge in [-0.25, -0.2) is 4.79 Å². The Morgan fingerprint density at radius 2 is 1.80 bits per heavy atom. The van der Waals surface area contributed by atoms with Crippen LogP contribution in [0.1, 0.15) is 51.9 Å². The Labute approximate surface area is 125 Å². The van der Waals surface area contributed by atoms with Crippen molar-refractivity contribution in [2.45, 2.75) is 57.4 Å². The third-order valence-corrected chi connectivity index (χ3v) is 5.90. The van der Waals surface area contributed by atoms with Gasteiger partial charge in [-0.15, -0.1) is 0 Å². The molecule has 0 spiro atoms. The van der Waals surface area contributed by atoms with Crippen LogP contribution in [0.3, 0.4) is 0 Å². The molecule has 1 aliphatic carbocycles. The first kappa shape index (κ1) is 15.7. The van der Waals surface area contributed by atoms with Crippen LogP contribution in [0, 0.1) is 11.8 Å². The van der Waals surface area contributed by atoms with Gasteiger partial charge in [-0.1, -0.05) is 13.3 Å². The van der Waals surface area contributed by atoms with Crippen molar-refractivity contribution in [3.63, 3.8) is 0 Å². The van der Waals surface area contributed by atoms with Crippen LogP contribution in [0.2, 0.25) is 0 Å². The highest BCUT2D eigenvalue weighted by Gasteiger charge is 2.42. The summed E-state index contributed by atoms with van der Waals surface area (Å²) in [6.07, 6.45) is 6.30. The van der Waals surface area contributed by atoms with Crippen molar-refractivity contribution in [2.75, 3.05) is 11.5 Å². The molecule has 2 aliphatic rings. The molecule has 0 unspecified atom stereocenters. The molecule has 0 radical (unpaired) electrons. The summed E-state index contributed by atoms with van der Waals surface area (Å²) in [5.74, 6) is 1.49. The lowest BCUT2D eigenvalue weighted by molar-refractivity contribution is -0.149. The van der Waals surface area contributed by atoms with Crippen molar-refractivity contribution in [1.29, 1.82) is 0 Å². The minimum absolute atomic E-state index is 0.0172. The molecule has 0 aromatic heterocycles. The van der Waals surface area contributed by atoms with E-state index in [4.69, 9.17) is 0 Å². The van der Waals surface area contributed by atoms with Gasteiger partial charge in [-0.2, -0.15) is 11.8 Å². The number of amides is 1. The van der Waals surface area contributed by atoms with Gasteiger partial charge in [0.05, 0.1) is 0 Å². The summed E-state index contributed by atoms with van der Waals surface area (Å²) in [6.45, 7) is 2.20. The van der Waals surface area contributed by atoms with E-state index in [0.29, 0.717) is 12.8 Å². The standard InChI is InChI=1S/C15H25NO3S/c1-2-11-3-5-12(6-4-11)13(17)16-15(14(18)19)7-9-20-10-8-15/h11-12H,2-10H2,1H3,(H,16,17)(H,18,19). The minimum Gasteiger partial charge on any atom is -0.480 e. The first-order valence-electron chi connectivity index (χ1n) is 7.70. The summed E-state index contributed by atoms with van der Waals surface area (Å²) < 4.78 is 0. The Morgan fingerprint density at radius 3 is 2.30 bits per heavy atom. The summed E-state index contributed by atoms with van der Waals surface area (Å²) in [5, 5.41) is 12.4. The number of thioether (sulfide) groups is 1. The van der Waals surface area contributed by atoms with Crippen molar-refractivity contribution in [3.05, 3.63) is 0 Å². The molecular weight excluding hydrogens is 274 g/mol. The van der Waals surface area contributed by atoms with Gasteiger partial charge in [0.25, 0.3) is 0 Å². The molecule has 20 heavy (non-hydrogen) atoms. The predicted octanol–water partition coefficient (Wildman–Crippen LogP) is 2.67. The average molecular weight is 299 g/mol. The third kappa shape index (κ3) is 3.48. The van der Waals surface area contributed by atoms with Crippen LogP contribution in [0.25, 0.3) is 0 Å². The van der Waals surface area contributed by atoms with Gasteiger partial charge in [0.2, 0.25) is 5.91 Å². The number of hydrogen-bond acceptors (Lipinski definition) is 3. The molecule has 114 valence electrons. The summed E-state index contributed by atoms with van der Waals surface area (Å²) >= 11 is 1.77. The fraction of sp³-hybridized carbons (Fsp3) is 0.867. The molecule has 2 rings (SSSR count). The second-order valence-corrected chi connectivity index (χ2v) is 7.34. The van der Waals surface area contributed by atoms with E-state index in [1.807, 2.05) is 0 Å². The molecule has 0 bridgehead atoms. The smallest absolute Gasteiger partial charge is 0.329 e. The Morgan fingerprint density at radius 1 is 1.20 bits per heavy atom. The van der Waals surface area contributed by atoms with E-state index in [0.717, 1.165) is 43.1 Å². The van der Waals surface area contributed by atoms with Crippen LogP contribution in [-0.2, 0) is 9.59 Å². The fourth-order valence-corrected chi connectivity index (χ4v) is 4.47. The molecule has 0 aromatic carbocycles. The summed E-state index contributed by atoms with van der Waals surface area (Å²) in [4.78, 5) is 24.0. The van der Waals surface area contributed by atoms with Crippen molar-refractivity contribution < 1.29 is 14.7 Å². The molecule has 0 aromatic rings. The Hall–Kier alpha value is -0.710. The molecule has 1 aliphatic heterocycles. The molecule has 1 saturated heterocycles. The molecule has 4 nitrogen and oxygen atoms in total. The van der Waals surface area contributed by atoms with Crippen LogP contribution in [0.5, 0.6) is 0 Å². The lowest BCUT2D eigenvalue weighted by atomic mass is 9.80. The van der Waals surface area contributed by atoms with Crippen molar-refractivity contribution in [3.8, 4) is 0 Å². The number of nitrogens with one attached hydrogen (secondary N) is 1. The second-order valence-electron chi connectivity index (χ2n) is 6.11. The van der Waals surface area contributed by atoms with E-state index in [1.165, 1.54) is 6.42 Å². The molecular formula is C15H25NO3S. The topological polar surface area (TPSA) is 66.4 Å². The van der Waals surface area contributed by atoms with Crippen LogP contribution >= 0.6 is 11.8 Å². The average Bonchev–Trinajstić information content (AvgIpc) is 2.48. The van der Waals surface area contributed by atoms with Crippen LogP contribution in [-0.4, -0.2) is 34.0 Å². The van der Waals surface area contributed by atoms with Gasteiger partial charge < -0.3 is 10.4 Å². The fourth-order valence-electron chi connectivity index (χ4n) is 3.28. The molecule has 2 N–H and O–H groups in total. The van der Waals surface area contributed by atoms with E-state index < -0.39 is 11.5 Å². The van der Waals surface area contributed by atoms with Crippen molar-refractivity contribution >= 4 is 23.6 Å². The zero-order valence-corrected chi connectivity index (χ0v) is 13.0. The SMILES string of the molecule is CCC1CCC(C(=O)NC2(C(=O)O)CCSCC2)CC1. The van der Waals surface area contributed by atoms with E-state index in [-0.39, 0.29) is 11.8 Å². The van der Waals surface area contributed by atoms with Gasteiger partial charge in [0.15, 0.2) is 0 Å². The van der Waals surface area contributed by atoms with Crippen LogP contribution < -0.4 is 5.32 Å². The second kappa shape index (κ2) is 6.83. The number of carboxylic acid groups (broad SMARTS) is 1. The highest BCUT2D eigenvalue weighted by molar-refractivity contribution is 7.99. The molecule has 1 amide bonds. The van der Waals surface area contributed by atoms with Crippen LogP contribution in [0.15, 0.2) is 0 Å². The van der Waals surface area contributed by atoms with Gasteiger partial charge >= 0.3 is 5.97 Å². The van der Waals surface area contributed by atoms with Gasteiger partial charge in [0, 0.05) is 5.92 Å². The lowest BCUT2D eigenvalue weighted by Crippen LogP contribution is -2.58. The first-order valence-corrected chi connectivity index (χ1v) is 8.86. The number of carbonyl (C=O) groups is 2. The third-order valence-electron chi connectivity index (χ3n) is 4.91. The van der Waals surface area contributed by atoms with E-state index >= 15 is 0 Å². The summed E-state index contributed by atoms with van der Waals surface area (Å²) in [7, 11) is 0. The maximum atomic E-state index is 12.4. The minimum atomic E-state index is -1.01. The number of aliphatic carboxylic acids is 1. The monoisotopic (exact) mass is 299 g/mol. The number of carbonyl (C=O) groups excluding carboxylic acids is 1. The molecule has 1 saturated carbocycles. The molecule has 0 atom stereocenters. The van der Waals surface area contributed by atoms with E-state index in [2.05, 4.69) is 12.2 Å². The largest absolute Gasteiger partial charge is 0.480 e. The summed E-state index contributed by atoms with van der Waals surface area (Å²) in [5.41, 5.74) is -1.01. The van der Waals surface area contributed by atoms with Gasteiger partial charge in [0.1, 0.15) is 5.54 Å².